The standard InChI is InChI=1S/C22H29N5O2/c1-22(2,3)29-21(28)27-15-9-8-13(10-15)19(27)20-24-18(25-26-20)11-14-12-23-17-7-5-4-6-16(14)17/h4-7,12-13,15,19-20,23,26H,8-11H2,1-3H3,(H,24,25)/t13-,15+,19-,20?/m0/s1. The number of aromatic nitrogens is 1. The number of carbonyl (C=O) groups excluding carboxylic acids is 1. The molecule has 4 atom stereocenters. The first-order chi connectivity index (χ1) is 13.9. The van der Waals surface area contributed by atoms with Gasteiger partial charge in [0.25, 0.3) is 0 Å². The van der Waals surface area contributed by atoms with E-state index < -0.39 is 5.60 Å². The molecule has 3 N–H and O–H groups in total. The fourth-order valence-electron chi connectivity index (χ4n) is 5.12. The zero-order valence-electron chi connectivity index (χ0n) is 17.2. The van der Waals surface area contributed by atoms with E-state index in [1.807, 2.05) is 37.9 Å². The Bertz CT molecular complexity index is 960. The van der Waals surface area contributed by atoms with Crippen LogP contribution < -0.4 is 10.9 Å². The zero-order chi connectivity index (χ0) is 20.2. The summed E-state index contributed by atoms with van der Waals surface area (Å²) in [6, 6.07) is 8.61. The van der Waals surface area contributed by atoms with Crippen LogP contribution in [0.15, 0.2) is 35.5 Å². The normalized spacial score (nSPS) is 28.7. The number of carbonyl (C=O) groups is 1. The molecule has 154 valence electrons. The van der Waals surface area contributed by atoms with Crippen LogP contribution in [0.3, 0.4) is 0 Å². The summed E-state index contributed by atoms with van der Waals surface area (Å²) >= 11 is 0. The first-order valence-electron chi connectivity index (χ1n) is 10.5. The number of amidine groups is 1. The van der Waals surface area contributed by atoms with Crippen LogP contribution in [0, 0.1) is 5.92 Å². The maximum Gasteiger partial charge on any atom is 0.410 e. The summed E-state index contributed by atoms with van der Waals surface area (Å²) in [7, 11) is 0. The molecule has 3 heterocycles. The highest BCUT2D eigenvalue weighted by atomic mass is 16.6. The predicted octanol–water partition coefficient (Wildman–Crippen LogP) is 3.33. The van der Waals surface area contributed by atoms with Crippen LogP contribution in [0.4, 0.5) is 4.79 Å². The van der Waals surface area contributed by atoms with Gasteiger partial charge in [0.05, 0.1) is 6.04 Å². The zero-order valence-corrected chi connectivity index (χ0v) is 17.2. The SMILES string of the molecule is CC(C)(C)OC(=O)N1[C@@H]2CC[C@@H](C2)[C@H]1C1N=C(Cc2c[nH]c3ccccc23)NN1. The number of hydrazine groups is 1. The van der Waals surface area contributed by atoms with Gasteiger partial charge in [0.1, 0.15) is 17.6 Å². The van der Waals surface area contributed by atoms with Gasteiger partial charge < -0.3 is 15.1 Å². The Morgan fingerprint density at radius 1 is 1.28 bits per heavy atom. The van der Waals surface area contributed by atoms with Crippen molar-refractivity contribution in [3.05, 3.63) is 36.0 Å². The highest BCUT2D eigenvalue weighted by Crippen LogP contribution is 2.44. The Kier molecular flexibility index (Phi) is 4.31. The predicted molar refractivity (Wildman–Crippen MR) is 112 cm³/mol. The quantitative estimate of drug-likeness (QED) is 0.745. The van der Waals surface area contributed by atoms with Gasteiger partial charge in [-0.05, 0) is 57.6 Å². The lowest BCUT2D eigenvalue weighted by Gasteiger charge is -2.38. The second kappa shape index (κ2) is 6.76. The van der Waals surface area contributed by atoms with E-state index in [2.05, 4.69) is 34.0 Å². The smallest absolute Gasteiger partial charge is 0.410 e. The van der Waals surface area contributed by atoms with Crippen molar-refractivity contribution in [1.29, 1.82) is 0 Å². The van der Waals surface area contributed by atoms with Gasteiger partial charge in [-0.3, -0.25) is 4.90 Å². The van der Waals surface area contributed by atoms with Crippen LogP contribution in [-0.2, 0) is 11.2 Å². The van der Waals surface area contributed by atoms with E-state index in [1.54, 1.807) is 0 Å². The molecule has 1 saturated carbocycles. The molecule has 2 bridgehead atoms. The summed E-state index contributed by atoms with van der Waals surface area (Å²) in [5.41, 5.74) is 8.45. The van der Waals surface area contributed by atoms with Crippen molar-refractivity contribution in [2.24, 2.45) is 10.9 Å². The molecule has 1 aromatic heterocycles. The number of fused-ring (bicyclic) bond motifs is 3. The Morgan fingerprint density at radius 2 is 2.10 bits per heavy atom. The Morgan fingerprint density at radius 3 is 2.93 bits per heavy atom. The van der Waals surface area contributed by atoms with Crippen LogP contribution in [0.1, 0.15) is 45.6 Å². The number of aliphatic imine (C=N–C) groups is 1. The van der Waals surface area contributed by atoms with E-state index >= 15 is 0 Å². The summed E-state index contributed by atoms with van der Waals surface area (Å²) in [4.78, 5) is 23.1. The molecule has 1 aliphatic carbocycles. The minimum absolute atomic E-state index is 0.0385. The number of H-pyrrole nitrogens is 1. The fourth-order valence-corrected chi connectivity index (χ4v) is 5.12. The van der Waals surface area contributed by atoms with Crippen LogP contribution in [0.2, 0.25) is 0 Å². The Hall–Kier alpha value is -2.54. The van der Waals surface area contributed by atoms with Gasteiger partial charge in [-0.15, -0.1) is 0 Å². The van der Waals surface area contributed by atoms with Crippen LogP contribution >= 0.6 is 0 Å². The number of likely N-dealkylation sites (tertiary alicyclic amines) is 1. The maximum atomic E-state index is 12.9. The van der Waals surface area contributed by atoms with Crippen molar-refractivity contribution in [1.82, 2.24) is 20.7 Å². The minimum atomic E-state index is -0.491. The number of rotatable bonds is 3. The van der Waals surface area contributed by atoms with Crippen LogP contribution in [0.5, 0.6) is 0 Å². The minimum Gasteiger partial charge on any atom is -0.444 e. The first-order valence-corrected chi connectivity index (χ1v) is 10.5. The molecule has 0 spiro atoms. The summed E-state index contributed by atoms with van der Waals surface area (Å²) in [5.74, 6) is 1.38. The van der Waals surface area contributed by atoms with E-state index in [0.29, 0.717) is 5.92 Å². The number of para-hydroxylation sites is 1. The maximum absolute atomic E-state index is 12.9. The molecule has 3 aliphatic rings. The molecule has 1 saturated heterocycles. The molecular weight excluding hydrogens is 366 g/mol. The third kappa shape index (κ3) is 3.37. The topological polar surface area (TPSA) is 81.8 Å². The van der Waals surface area contributed by atoms with Crippen molar-refractivity contribution in [2.75, 3.05) is 0 Å². The van der Waals surface area contributed by atoms with Gasteiger partial charge in [-0.2, -0.15) is 0 Å². The van der Waals surface area contributed by atoms with Crippen LogP contribution in [-0.4, -0.2) is 45.7 Å². The molecule has 2 fully saturated rings. The molecule has 1 aromatic carbocycles. The third-order valence-electron chi connectivity index (χ3n) is 6.26. The lowest BCUT2D eigenvalue weighted by atomic mass is 9.96. The number of ether oxygens (including phenoxy) is 1. The Balaban J connectivity index is 1.35. The molecular formula is C22H29N5O2. The van der Waals surface area contributed by atoms with E-state index in [4.69, 9.17) is 9.73 Å². The molecule has 2 aromatic rings. The van der Waals surface area contributed by atoms with Crippen molar-refractivity contribution >= 4 is 22.8 Å². The second-order valence-electron chi connectivity index (χ2n) is 9.43. The van der Waals surface area contributed by atoms with Gasteiger partial charge in [0, 0.05) is 29.6 Å². The monoisotopic (exact) mass is 395 g/mol. The number of hydrogen-bond donors (Lipinski definition) is 3. The lowest BCUT2D eigenvalue weighted by molar-refractivity contribution is 0.00306. The average Bonchev–Trinajstić information content (AvgIpc) is 3.44. The molecule has 7 nitrogen and oxygen atoms in total. The third-order valence-corrected chi connectivity index (χ3v) is 6.26. The van der Waals surface area contributed by atoms with E-state index in [1.165, 1.54) is 10.9 Å². The second-order valence-corrected chi connectivity index (χ2v) is 9.43. The van der Waals surface area contributed by atoms with Gasteiger partial charge in [0.2, 0.25) is 0 Å². The summed E-state index contributed by atoms with van der Waals surface area (Å²) in [5, 5.41) is 1.22. The lowest BCUT2D eigenvalue weighted by Crippen LogP contribution is -2.55. The van der Waals surface area contributed by atoms with E-state index in [0.717, 1.165) is 37.0 Å². The number of nitrogens with zero attached hydrogens (tertiary/aromatic N) is 2. The number of hydrogen-bond acceptors (Lipinski definition) is 5. The number of piperidine rings is 1. The molecule has 7 heteroatoms. The van der Waals surface area contributed by atoms with Gasteiger partial charge in [0.15, 0.2) is 0 Å². The van der Waals surface area contributed by atoms with Crippen LogP contribution in [0.25, 0.3) is 10.9 Å². The van der Waals surface area contributed by atoms with Gasteiger partial charge in [-0.1, -0.05) is 18.2 Å². The molecule has 1 unspecified atom stereocenters. The molecule has 29 heavy (non-hydrogen) atoms. The highest BCUT2D eigenvalue weighted by Gasteiger charge is 2.53. The van der Waals surface area contributed by atoms with Gasteiger partial charge >= 0.3 is 6.09 Å². The average molecular weight is 396 g/mol. The largest absolute Gasteiger partial charge is 0.444 e. The van der Waals surface area contributed by atoms with E-state index in [9.17, 15) is 4.79 Å². The van der Waals surface area contributed by atoms with E-state index in [-0.39, 0.29) is 24.3 Å². The first kappa shape index (κ1) is 18.5. The Labute approximate surface area is 170 Å². The number of amides is 1. The fraction of sp³-hybridized carbons (Fsp3) is 0.545. The number of nitrogens with one attached hydrogen (secondary N) is 3. The molecule has 5 rings (SSSR count). The molecule has 0 radical (unpaired) electrons. The molecule has 2 aliphatic heterocycles. The highest BCUT2D eigenvalue weighted by molar-refractivity contribution is 5.91. The summed E-state index contributed by atoms with van der Waals surface area (Å²) < 4.78 is 5.71. The number of benzene rings is 1. The van der Waals surface area contributed by atoms with Crippen molar-refractivity contribution < 1.29 is 9.53 Å². The summed E-state index contributed by atoms with van der Waals surface area (Å²) in [6.07, 6.45) is 5.69. The van der Waals surface area contributed by atoms with Crippen molar-refractivity contribution in [3.63, 3.8) is 0 Å². The molecule has 1 amide bonds. The van der Waals surface area contributed by atoms with Crippen molar-refractivity contribution in [3.8, 4) is 0 Å². The number of aromatic amines is 1. The van der Waals surface area contributed by atoms with Crippen molar-refractivity contribution in [2.45, 2.75) is 70.3 Å². The van der Waals surface area contributed by atoms with Gasteiger partial charge in [-0.25, -0.2) is 15.2 Å². The summed E-state index contributed by atoms with van der Waals surface area (Å²) in [6.45, 7) is 5.75.